The molecule has 1 aliphatic heterocycles. The fourth-order valence-electron chi connectivity index (χ4n) is 3.68. The number of pyridine rings is 1. The smallest absolute Gasteiger partial charge is 0.277 e. The monoisotopic (exact) mass is 409 g/mol. The van der Waals surface area contributed by atoms with Crippen molar-refractivity contribution in [2.45, 2.75) is 19.9 Å². The number of hydrogen-bond donors (Lipinski definition) is 1. The number of anilines is 1. The molecule has 0 saturated carbocycles. The summed E-state index contributed by atoms with van der Waals surface area (Å²) in [4.78, 5) is 19.9. The second-order valence-corrected chi connectivity index (χ2v) is 7.20. The fourth-order valence-corrected chi connectivity index (χ4v) is 3.68. The summed E-state index contributed by atoms with van der Waals surface area (Å²) < 4.78 is 12.9. The van der Waals surface area contributed by atoms with Crippen LogP contribution in [0.25, 0.3) is 10.9 Å². The highest BCUT2D eigenvalue weighted by Crippen LogP contribution is 2.28. The average Bonchev–Trinajstić information content (AvgIpc) is 3.17. The molecule has 1 fully saturated rings. The van der Waals surface area contributed by atoms with Crippen LogP contribution in [0.2, 0.25) is 0 Å². The summed E-state index contributed by atoms with van der Waals surface area (Å²) in [5.41, 5.74) is 2.12. The quantitative estimate of drug-likeness (QED) is 0.646. The molecular formula is C22H27N5O3. The van der Waals surface area contributed by atoms with Crippen LogP contribution in [0, 0.1) is 0 Å². The van der Waals surface area contributed by atoms with Crippen molar-refractivity contribution in [3.8, 4) is 5.75 Å². The number of rotatable bonds is 7. The molecule has 0 radical (unpaired) electrons. The van der Waals surface area contributed by atoms with Gasteiger partial charge in [0.25, 0.3) is 5.91 Å². The molecular weight excluding hydrogens is 382 g/mol. The van der Waals surface area contributed by atoms with Gasteiger partial charge >= 0.3 is 0 Å². The Labute approximate surface area is 175 Å². The van der Waals surface area contributed by atoms with E-state index in [9.17, 15) is 4.79 Å². The molecule has 1 N–H and O–H groups in total. The molecule has 1 amide bonds. The van der Waals surface area contributed by atoms with Crippen molar-refractivity contribution in [2.75, 3.05) is 45.3 Å². The van der Waals surface area contributed by atoms with Gasteiger partial charge in [-0.25, -0.2) is 4.98 Å². The van der Waals surface area contributed by atoms with E-state index >= 15 is 0 Å². The van der Waals surface area contributed by atoms with Gasteiger partial charge < -0.3 is 14.8 Å². The molecule has 0 aliphatic carbocycles. The normalized spacial score (nSPS) is 14.7. The van der Waals surface area contributed by atoms with Gasteiger partial charge in [-0.3, -0.25) is 14.4 Å². The van der Waals surface area contributed by atoms with Crippen molar-refractivity contribution in [3.63, 3.8) is 0 Å². The predicted molar refractivity (Wildman–Crippen MR) is 115 cm³/mol. The van der Waals surface area contributed by atoms with E-state index in [-0.39, 0.29) is 5.91 Å². The predicted octanol–water partition coefficient (Wildman–Crippen LogP) is 2.59. The first kappa shape index (κ1) is 20.3. The van der Waals surface area contributed by atoms with Gasteiger partial charge in [0.2, 0.25) is 0 Å². The standard InChI is InChI=1S/C22H27N5O3/c1-3-16-6-4-9-19(23-16)24-22(28)20-17-7-5-8-18(29-2)21(17)27(25-20)11-10-26-12-14-30-15-13-26/h4-9H,3,10-15H2,1-2H3,(H,23,24,28). The second kappa shape index (κ2) is 9.23. The minimum absolute atomic E-state index is 0.279. The van der Waals surface area contributed by atoms with Crippen molar-refractivity contribution >= 4 is 22.6 Å². The van der Waals surface area contributed by atoms with E-state index in [1.807, 2.05) is 41.9 Å². The third-order valence-corrected chi connectivity index (χ3v) is 5.31. The molecule has 0 atom stereocenters. The Kier molecular flexibility index (Phi) is 6.25. The van der Waals surface area contributed by atoms with Crippen LogP contribution in [-0.4, -0.2) is 65.5 Å². The number of nitrogens with zero attached hydrogens (tertiary/aromatic N) is 4. The van der Waals surface area contributed by atoms with Crippen molar-refractivity contribution in [2.24, 2.45) is 0 Å². The Morgan fingerprint density at radius 3 is 2.73 bits per heavy atom. The van der Waals surface area contributed by atoms with E-state index in [1.54, 1.807) is 13.2 Å². The van der Waals surface area contributed by atoms with Gasteiger partial charge in [0, 0.05) is 30.7 Å². The number of morpholine rings is 1. The number of benzene rings is 1. The molecule has 2 aromatic heterocycles. The largest absolute Gasteiger partial charge is 0.494 e. The Morgan fingerprint density at radius 1 is 1.17 bits per heavy atom. The number of carbonyl (C=O) groups excluding carboxylic acids is 1. The first-order valence-corrected chi connectivity index (χ1v) is 10.3. The molecule has 3 aromatic rings. The number of nitrogens with one attached hydrogen (secondary N) is 1. The van der Waals surface area contributed by atoms with Crippen molar-refractivity contribution in [3.05, 3.63) is 47.8 Å². The molecule has 3 heterocycles. The summed E-state index contributed by atoms with van der Waals surface area (Å²) in [6, 6.07) is 11.3. The van der Waals surface area contributed by atoms with Gasteiger partial charge in [-0.05, 0) is 24.6 Å². The zero-order valence-electron chi connectivity index (χ0n) is 17.4. The summed E-state index contributed by atoms with van der Waals surface area (Å²) >= 11 is 0. The van der Waals surface area contributed by atoms with Crippen LogP contribution in [0.4, 0.5) is 5.82 Å². The summed E-state index contributed by atoms with van der Waals surface area (Å²) in [6.07, 6.45) is 0.806. The molecule has 4 rings (SSSR count). The third-order valence-electron chi connectivity index (χ3n) is 5.31. The summed E-state index contributed by atoms with van der Waals surface area (Å²) in [6.45, 7) is 6.84. The molecule has 8 heteroatoms. The van der Waals surface area contributed by atoms with Crippen LogP contribution in [0.15, 0.2) is 36.4 Å². The van der Waals surface area contributed by atoms with E-state index in [0.717, 1.165) is 55.9 Å². The number of hydrogen-bond acceptors (Lipinski definition) is 6. The summed E-state index contributed by atoms with van der Waals surface area (Å²) in [7, 11) is 1.63. The maximum Gasteiger partial charge on any atom is 0.277 e. The maximum absolute atomic E-state index is 13.1. The van der Waals surface area contributed by atoms with Gasteiger partial charge in [0.15, 0.2) is 5.69 Å². The zero-order valence-corrected chi connectivity index (χ0v) is 17.4. The van der Waals surface area contributed by atoms with Gasteiger partial charge in [-0.2, -0.15) is 5.10 Å². The van der Waals surface area contributed by atoms with Crippen LogP contribution < -0.4 is 10.1 Å². The third kappa shape index (κ3) is 4.29. The zero-order chi connectivity index (χ0) is 20.9. The molecule has 0 bridgehead atoms. The molecule has 0 unspecified atom stereocenters. The molecule has 1 aliphatic rings. The number of aromatic nitrogens is 3. The Balaban J connectivity index is 1.62. The molecule has 8 nitrogen and oxygen atoms in total. The first-order valence-electron chi connectivity index (χ1n) is 10.3. The lowest BCUT2D eigenvalue weighted by Gasteiger charge is -2.26. The lowest BCUT2D eigenvalue weighted by Crippen LogP contribution is -2.38. The van der Waals surface area contributed by atoms with Gasteiger partial charge in [-0.15, -0.1) is 0 Å². The van der Waals surface area contributed by atoms with Crippen LogP contribution in [0.1, 0.15) is 23.1 Å². The number of aryl methyl sites for hydroxylation is 1. The lowest BCUT2D eigenvalue weighted by atomic mass is 10.2. The molecule has 0 spiro atoms. The number of para-hydroxylation sites is 1. The molecule has 158 valence electrons. The van der Waals surface area contributed by atoms with Crippen LogP contribution in [0.3, 0.4) is 0 Å². The number of ether oxygens (including phenoxy) is 2. The van der Waals surface area contributed by atoms with E-state index < -0.39 is 0 Å². The average molecular weight is 409 g/mol. The van der Waals surface area contributed by atoms with E-state index in [2.05, 4.69) is 20.3 Å². The number of carbonyl (C=O) groups is 1. The highest BCUT2D eigenvalue weighted by atomic mass is 16.5. The van der Waals surface area contributed by atoms with E-state index in [1.165, 1.54) is 0 Å². The number of amides is 1. The molecule has 1 saturated heterocycles. The van der Waals surface area contributed by atoms with Gasteiger partial charge in [-0.1, -0.05) is 25.1 Å². The first-order chi connectivity index (χ1) is 14.7. The minimum atomic E-state index is -0.279. The maximum atomic E-state index is 13.1. The Hall–Kier alpha value is -2.97. The fraction of sp³-hybridized carbons (Fsp3) is 0.409. The van der Waals surface area contributed by atoms with Gasteiger partial charge in [0.1, 0.15) is 17.1 Å². The molecule has 30 heavy (non-hydrogen) atoms. The Bertz CT molecular complexity index is 1030. The summed E-state index contributed by atoms with van der Waals surface area (Å²) in [5.74, 6) is 0.949. The lowest BCUT2D eigenvalue weighted by molar-refractivity contribution is 0.0361. The van der Waals surface area contributed by atoms with Crippen LogP contribution in [0.5, 0.6) is 5.75 Å². The molecule has 1 aromatic carbocycles. The van der Waals surface area contributed by atoms with Crippen LogP contribution in [-0.2, 0) is 17.7 Å². The van der Waals surface area contributed by atoms with Crippen molar-refractivity contribution in [1.29, 1.82) is 0 Å². The van der Waals surface area contributed by atoms with Crippen molar-refractivity contribution < 1.29 is 14.3 Å². The number of fused-ring (bicyclic) bond motifs is 1. The highest BCUT2D eigenvalue weighted by Gasteiger charge is 2.21. The SMILES string of the molecule is CCc1cccc(NC(=O)c2nn(CCN3CCOCC3)c3c(OC)cccc23)n1. The van der Waals surface area contributed by atoms with Gasteiger partial charge in [0.05, 0.1) is 26.9 Å². The second-order valence-electron chi connectivity index (χ2n) is 7.20. The summed E-state index contributed by atoms with van der Waals surface area (Å²) in [5, 5.41) is 8.31. The van der Waals surface area contributed by atoms with Crippen molar-refractivity contribution in [1.82, 2.24) is 19.7 Å². The number of methoxy groups -OCH3 is 1. The Morgan fingerprint density at radius 2 is 1.97 bits per heavy atom. The van der Waals surface area contributed by atoms with Crippen LogP contribution >= 0.6 is 0 Å². The topological polar surface area (TPSA) is 81.5 Å². The van der Waals surface area contributed by atoms with E-state index in [0.29, 0.717) is 23.8 Å². The van der Waals surface area contributed by atoms with E-state index in [4.69, 9.17) is 9.47 Å². The highest BCUT2D eigenvalue weighted by molar-refractivity contribution is 6.11. The minimum Gasteiger partial charge on any atom is -0.494 e.